The second-order valence-electron chi connectivity index (χ2n) is 6.17. The first-order valence-corrected chi connectivity index (χ1v) is 8.88. The fraction of sp³-hybridized carbons (Fsp3) is 0.200. The molecule has 0 atom stereocenters. The molecule has 0 aliphatic heterocycles. The highest BCUT2D eigenvalue weighted by Gasteiger charge is 2.23. The van der Waals surface area contributed by atoms with Gasteiger partial charge in [0.1, 0.15) is 5.56 Å². The topological polar surface area (TPSA) is 59.4 Å². The lowest BCUT2D eigenvalue weighted by atomic mass is 9.96. The van der Waals surface area contributed by atoms with E-state index in [4.69, 9.17) is 27.9 Å². The number of hydrogen-bond donors (Lipinski definition) is 1. The second-order valence-corrected chi connectivity index (χ2v) is 7.02. The summed E-state index contributed by atoms with van der Waals surface area (Å²) in [4.78, 5) is 16.4. The molecule has 0 unspecified atom stereocenters. The van der Waals surface area contributed by atoms with Gasteiger partial charge in [0.05, 0.1) is 11.6 Å². The van der Waals surface area contributed by atoms with Crippen molar-refractivity contribution in [1.82, 2.24) is 4.98 Å². The minimum atomic E-state index is -1.10. The lowest BCUT2D eigenvalue weighted by molar-refractivity contribution is 0.0688. The van der Waals surface area contributed by atoms with Crippen molar-refractivity contribution in [2.24, 2.45) is 0 Å². The van der Waals surface area contributed by atoms with Crippen LogP contribution in [0.25, 0.3) is 10.9 Å². The van der Waals surface area contributed by atoms with E-state index in [2.05, 4.69) is 4.98 Å². The molecule has 6 heteroatoms. The van der Waals surface area contributed by atoms with Crippen LogP contribution in [0.15, 0.2) is 42.5 Å². The third kappa shape index (κ3) is 3.76. The van der Waals surface area contributed by atoms with Gasteiger partial charge in [0.15, 0.2) is 0 Å². The van der Waals surface area contributed by atoms with Gasteiger partial charge in [0.2, 0.25) is 5.88 Å². The first-order chi connectivity index (χ1) is 12.4. The summed E-state index contributed by atoms with van der Waals surface area (Å²) in [5, 5.41) is 11.6. The Kier molecular flexibility index (Phi) is 5.35. The molecular weight excluding hydrogens is 373 g/mol. The molecule has 3 rings (SSSR count). The van der Waals surface area contributed by atoms with Crippen molar-refractivity contribution in [1.29, 1.82) is 0 Å². The van der Waals surface area contributed by atoms with Gasteiger partial charge >= 0.3 is 5.97 Å². The second kappa shape index (κ2) is 7.52. The Morgan fingerprint density at radius 2 is 1.92 bits per heavy atom. The van der Waals surface area contributed by atoms with E-state index >= 15 is 0 Å². The number of carbonyl (C=O) groups is 1. The zero-order chi connectivity index (χ0) is 18.8. The van der Waals surface area contributed by atoms with Crippen molar-refractivity contribution in [3.05, 3.63) is 69.2 Å². The average molecular weight is 390 g/mol. The van der Waals surface area contributed by atoms with Crippen LogP contribution < -0.4 is 4.74 Å². The molecule has 4 nitrogen and oxygen atoms in total. The number of fused-ring (bicyclic) bond motifs is 1. The number of pyridine rings is 1. The van der Waals surface area contributed by atoms with Crippen molar-refractivity contribution in [3.8, 4) is 5.88 Å². The summed E-state index contributed by atoms with van der Waals surface area (Å²) < 4.78 is 5.70. The molecule has 1 heterocycles. The van der Waals surface area contributed by atoms with E-state index in [1.54, 1.807) is 24.3 Å². The van der Waals surface area contributed by atoms with Gasteiger partial charge in [0, 0.05) is 21.9 Å². The van der Waals surface area contributed by atoms with Gasteiger partial charge in [0.25, 0.3) is 0 Å². The van der Waals surface area contributed by atoms with E-state index in [0.717, 1.165) is 5.56 Å². The maximum absolute atomic E-state index is 12.0. The van der Waals surface area contributed by atoms with E-state index < -0.39 is 5.97 Å². The molecule has 26 heavy (non-hydrogen) atoms. The summed E-state index contributed by atoms with van der Waals surface area (Å²) in [5.41, 5.74) is 2.05. The van der Waals surface area contributed by atoms with Gasteiger partial charge in [-0.3, -0.25) is 0 Å². The Balaban J connectivity index is 2.31. The smallest absolute Gasteiger partial charge is 0.341 e. The van der Waals surface area contributed by atoms with Crippen LogP contribution in [0.3, 0.4) is 0 Å². The van der Waals surface area contributed by atoms with Crippen LogP contribution in [0.4, 0.5) is 0 Å². The molecule has 0 spiro atoms. The Bertz CT molecular complexity index is 986. The Morgan fingerprint density at radius 3 is 2.58 bits per heavy atom. The molecule has 0 radical (unpaired) electrons. The number of benzene rings is 2. The van der Waals surface area contributed by atoms with Crippen LogP contribution in [0.5, 0.6) is 5.88 Å². The van der Waals surface area contributed by atoms with Crippen molar-refractivity contribution >= 4 is 40.1 Å². The standard InChI is InChI=1S/C20H17Cl2NO3/c1-11(2)26-19-18(20(24)25)15(9-12-5-3-4-6-16(12)22)14-10-13(21)7-8-17(14)23-19/h3-8,10-11H,9H2,1-2H3,(H,24,25). The van der Waals surface area contributed by atoms with Crippen LogP contribution in [0.2, 0.25) is 10.0 Å². The number of halogens is 2. The Labute approximate surface area is 161 Å². The van der Waals surface area contributed by atoms with Gasteiger partial charge in [-0.2, -0.15) is 0 Å². The van der Waals surface area contributed by atoms with Crippen LogP contribution >= 0.6 is 23.2 Å². The van der Waals surface area contributed by atoms with Gasteiger partial charge in [-0.25, -0.2) is 9.78 Å². The summed E-state index contributed by atoms with van der Waals surface area (Å²) in [6, 6.07) is 12.5. The van der Waals surface area contributed by atoms with Crippen LogP contribution in [-0.4, -0.2) is 22.2 Å². The average Bonchev–Trinajstić information content (AvgIpc) is 2.56. The zero-order valence-electron chi connectivity index (χ0n) is 14.3. The highest BCUT2D eigenvalue weighted by molar-refractivity contribution is 6.31. The Hall–Kier alpha value is -2.30. The number of carboxylic acids is 1. The van der Waals surface area contributed by atoms with Crippen molar-refractivity contribution in [2.75, 3.05) is 0 Å². The molecule has 1 N–H and O–H groups in total. The number of aromatic carboxylic acids is 1. The maximum Gasteiger partial charge on any atom is 0.341 e. The van der Waals surface area contributed by atoms with E-state index in [1.165, 1.54) is 0 Å². The number of carboxylic acid groups (broad SMARTS) is 1. The van der Waals surface area contributed by atoms with E-state index in [9.17, 15) is 9.90 Å². The third-order valence-corrected chi connectivity index (χ3v) is 4.51. The number of ether oxygens (including phenoxy) is 1. The summed E-state index contributed by atoms with van der Waals surface area (Å²) in [7, 11) is 0. The molecule has 1 aromatic heterocycles. The molecular formula is C20H17Cl2NO3. The largest absolute Gasteiger partial charge is 0.477 e. The predicted octanol–water partition coefficient (Wildman–Crippen LogP) is 5.62. The summed E-state index contributed by atoms with van der Waals surface area (Å²) in [5.74, 6) is -0.999. The molecule has 3 aromatic rings. The normalized spacial score (nSPS) is 11.1. The lowest BCUT2D eigenvalue weighted by Gasteiger charge is -2.17. The minimum absolute atomic E-state index is 0.0355. The summed E-state index contributed by atoms with van der Waals surface area (Å²) >= 11 is 12.4. The van der Waals surface area contributed by atoms with Crippen molar-refractivity contribution in [2.45, 2.75) is 26.4 Å². The Morgan fingerprint density at radius 1 is 1.19 bits per heavy atom. The van der Waals surface area contributed by atoms with Crippen LogP contribution in [0, 0.1) is 0 Å². The van der Waals surface area contributed by atoms with Crippen LogP contribution in [-0.2, 0) is 6.42 Å². The van der Waals surface area contributed by atoms with Gasteiger partial charge < -0.3 is 9.84 Å². The molecule has 0 amide bonds. The highest BCUT2D eigenvalue weighted by Crippen LogP contribution is 2.33. The third-order valence-electron chi connectivity index (χ3n) is 3.91. The number of aromatic nitrogens is 1. The molecule has 0 bridgehead atoms. The maximum atomic E-state index is 12.0. The molecule has 0 fully saturated rings. The first-order valence-electron chi connectivity index (χ1n) is 8.12. The van der Waals surface area contributed by atoms with Gasteiger partial charge in [-0.15, -0.1) is 0 Å². The van der Waals surface area contributed by atoms with E-state index in [1.807, 2.05) is 32.0 Å². The summed E-state index contributed by atoms with van der Waals surface area (Å²) in [6.45, 7) is 3.65. The molecule has 0 saturated carbocycles. The number of nitrogens with zero attached hydrogens (tertiary/aromatic N) is 1. The molecule has 0 saturated heterocycles. The monoisotopic (exact) mass is 389 g/mol. The van der Waals surface area contributed by atoms with E-state index in [-0.39, 0.29) is 17.5 Å². The number of hydrogen-bond acceptors (Lipinski definition) is 3. The molecule has 2 aromatic carbocycles. The molecule has 0 aliphatic rings. The van der Waals surface area contributed by atoms with Crippen molar-refractivity contribution < 1.29 is 14.6 Å². The quantitative estimate of drug-likeness (QED) is 0.615. The fourth-order valence-corrected chi connectivity index (χ4v) is 3.20. The number of rotatable bonds is 5. The summed E-state index contributed by atoms with van der Waals surface area (Å²) in [6.07, 6.45) is 0.119. The fourth-order valence-electron chi connectivity index (χ4n) is 2.82. The first kappa shape index (κ1) is 18.5. The van der Waals surface area contributed by atoms with Gasteiger partial charge in [-0.05, 0) is 49.2 Å². The zero-order valence-corrected chi connectivity index (χ0v) is 15.8. The highest BCUT2D eigenvalue weighted by atomic mass is 35.5. The minimum Gasteiger partial charge on any atom is -0.477 e. The predicted molar refractivity (Wildman–Crippen MR) is 104 cm³/mol. The van der Waals surface area contributed by atoms with Crippen LogP contribution in [0.1, 0.15) is 35.3 Å². The van der Waals surface area contributed by atoms with Crippen molar-refractivity contribution in [3.63, 3.8) is 0 Å². The van der Waals surface area contributed by atoms with E-state index in [0.29, 0.717) is 32.9 Å². The SMILES string of the molecule is CC(C)Oc1nc2ccc(Cl)cc2c(Cc2ccccc2Cl)c1C(=O)O. The lowest BCUT2D eigenvalue weighted by Crippen LogP contribution is -2.14. The van der Waals surface area contributed by atoms with Gasteiger partial charge in [-0.1, -0.05) is 41.4 Å². The molecule has 0 aliphatic carbocycles. The molecule has 134 valence electrons.